The maximum atomic E-state index is 12.2. The molecular formula is C43H54N4O10S2. The second-order valence-corrected chi connectivity index (χ2v) is 17.6. The third-order valence-electron chi connectivity index (χ3n) is 10.5. The summed E-state index contributed by atoms with van der Waals surface area (Å²) in [4.78, 5) is 44.9. The molecule has 14 nitrogen and oxygen atoms in total. The van der Waals surface area contributed by atoms with Crippen LogP contribution in [0.25, 0.3) is 0 Å². The lowest BCUT2D eigenvalue weighted by molar-refractivity contribution is -0.437. The summed E-state index contributed by atoms with van der Waals surface area (Å²) in [5, 5.41) is 0.575. The van der Waals surface area contributed by atoms with Gasteiger partial charge in [-0.25, -0.2) is 13.2 Å². The minimum absolute atomic E-state index is 0.0585. The summed E-state index contributed by atoms with van der Waals surface area (Å²) in [5.74, 6) is -2.04. The summed E-state index contributed by atoms with van der Waals surface area (Å²) >= 11 is 0. The molecule has 5 rings (SSSR count). The SMILES string of the molecule is CCC[N+]1=C(C=CC=CC=CC=C2N(CCCS(=O)(=O)[O-])c3ccc(CN(C)CCCC(=O)ON4C(=O)CCC4=O)cc3C2(C)C)C(C)(C)c2ccccc21.O=S(=O)=O. The highest BCUT2D eigenvalue weighted by Crippen LogP contribution is 2.48. The van der Waals surface area contributed by atoms with E-state index >= 15 is 0 Å². The summed E-state index contributed by atoms with van der Waals surface area (Å²) in [6, 6.07) is 14.9. The van der Waals surface area contributed by atoms with Crippen molar-refractivity contribution in [2.45, 2.75) is 90.5 Å². The summed E-state index contributed by atoms with van der Waals surface area (Å²) in [7, 11) is -5.50. The largest absolute Gasteiger partial charge is 0.748 e. The molecule has 0 saturated carbocycles. The van der Waals surface area contributed by atoms with Gasteiger partial charge in [0.1, 0.15) is 6.54 Å². The number of para-hydroxylation sites is 1. The van der Waals surface area contributed by atoms with Crippen LogP contribution < -0.4 is 4.90 Å². The molecule has 0 atom stereocenters. The smallest absolute Gasteiger partial charge is 0.425 e. The van der Waals surface area contributed by atoms with Crippen LogP contribution >= 0.6 is 0 Å². The molecule has 3 heterocycles. The quantitative estimate of drug-likeness (QED) is 0.0837. The van der Waals surface area contributed by atoms with Crippen LogP contribution in [0.1, 0.15) is 89.8 Å². The molecule has 0 spiro atoms. The number of nitrogens with zero attached hydrogens (tertiary/aromatic N) is 4. The highest BCUT2D eigenvalue weighted by atomic mass is 32.2. The fraction of sp³-hybridized carbons (Fsp3) is 0.442. The number of carbonyl (C=O) groups excluding carboxylic acids is 3. The molecule has 2 aromatic carbocycles. The van der Waals surface area contributed by atoms with Crippen molar-refractivity contribution in [3.8, 4) is 0 Å². The number of imide groups is 1. The minimum atomic E-state index is -4.35. The van der Waals surface area contributed by atoms with Crippen molar-refractivity contribution in [1.82, 2.24) is 9.96 Å². The normalized spacial score (nSPS) is 17.8. The molecule has 3 aliphatic heterocycles. The van der Waals surface area contributed by atoms with Crippen LogP contribution in [0.2, 0.25) is 0 Å². The first kappa shape index (κ1) is 46.7. The van der Waals surface area contributed by atoms with Gasteiger partial charge in [0.15, 0.2) is 5.71 Å². The molecule has 0 aromatic heterocycles. The van der Waals surface area contributed by atoms with Gasteiger partial charge >= 0.3 is 16.6 Å². The van der Waals surface area contributed by atoms with E-state index in [4.69, 9.17) is 17.5 Å². The summed E-state index contributed by atoms with van der Waals surface area (Å²) in [6.07, 6.45) is 16.3. The van der Waals surface area contributed by atoms with E-state index in [0.29, 0.717) is 31.1 Å². The van der Waals surface area contributed by atoms with E-state index in [1.165, 1.54) is 17.0 Å². The number of hydrogen-bond donors (Lipinski definition) is 0. The van der Waals surface area contributed by atoms with Gasteiger partial charge in [0, 0.05) is 79.0 Å². The van der Waals surface area contributed by atoms with E-state index in [1.54, 1.807) is 0 Å². The lowest BCUT2D eigenvalue weighted by Crippen LogP contribution is -2.32. The van der Waals surface area contributed by atoms with Crippen LogP contribution in [0.15, 0.2) is 90.7 Å². The zero-order valence-corrected chi connectivity index (χ0v) is 36.2. The molecule has 2 aromatic rings. The standard InChI is InChI=1S/C43H54N4O7S.O3S/c1-7-26-45-35-18-14-13-17-33(35)42(2,3)37(45)19-11-9-8-10-12-20-38-43(4,5)34-30-32(22-23-36(34)46(38)28-16-29-55(51,52)53)31-44(6)27-15-21-41(50)54-47-39(48)24-25-40(47)49;1-4(2)3/h8-14,17-20,22-23,30H,7,15-16,21,24-29,31H2,1-6H3;. The zero-order valence-electron chi connectivity index (χ0n) is 34.5. The second-order valence-electron chi connectivity index (χ2n) is 15.7. The number of hydroxylamine groups is 2. The van der Waals surface area contributed by atoms with E-state index in [0.717, 1.165) is 35.5 Å². The zero-order chi connectivity index (χ0) is 43.5. The summed E-state index contributed by atoms with van der Waals surface area (Å²) in [5.41, 5.74) is 7.51. The first-order valence-electron chi connectivity index (χ1n) is 19.6. The number of anilines is 1. The number of benzene rings is 2. The molecule has 1 saturated heterocycles. The number of allylic oxidation sites excluding steroid dienone is 8. The Labute approximate surface area is 349 Å². The van der Waals surface area contributed by atoms with E-state index in [9.17, 15) is 27.4 Å². The molecule has 0 bridgehead atoms. The molecule has 1 fully saturated rings. The predicted molar refractivity (Wildman–Crippen MR) is 223 cm³/mol. The second kappa shape index (κ2) is 20.3. The third kappa shape index (κ3) is 12.3. The van der Waals surface area contributed by atoms with Crippen molar-refractivity contribution in [1.29, 1.82) is 0 Å². The van der Waals surface area contributed by atoms with Crippen LogP contribution in [0.4, 0.5) is 11.4 Å². The Hall–Kier alpha value is -5.03. The van der Waals surface area contributed by atoms with Gasteiger partial charge in [-0.05, 0) is 63.6 Å². The highest BCUT2D eigenvalue weighted by molar-refractivity contribution is 7.85. The van der Waals surface area contributed by atoms with Crippen molar-refractivity contribution in [3.63, 3.8) is 0 Å². The Balaban J connectivity index is 0.00000184. The number of hydrogen-bond acceptors (Lipinski definition) is 12. The molecule has 59 heavy (non-hydrogen) atoms. The van der Waals surface area contributed by atoms with Crippen molar-refractivity contribution < 1.29 is 49.4 Å². The molecule has 0 unspecified atom stereocenters. The van der Waals surface area contributed by atoms with Gasteiger partial charge in [0.2, 0.25) is 5.69 Å². The van der Waals surface area contributed by atoms with Crippen LogP contribution in [-0.2, 0) is 57.3 Å². The first-order valence-corrected chi connectivity index (χ1v) is 22.2. The average molecular weight is 851 g/mol. The number of rotatable bonds is 17. The van der Waals surface area contributed by atoms with Gasteiger partial charge in [-0.1, -0.05) is 81.5 Å². The maximum Gasteiger partial charge on any atom is 0.425 e. The Kier molecular flexibility index (Phi) is 16.0. The van der Waals surface area contributed by atoms with Gasteiger partial charge < -0.3 is 19.2 Å². The van der Waals surface area contributed by atoms with Crippen LogP contribution in [0.5, 0.6) is 0 Å². The van der Waals surface area contributed by atoms with E-state index < -0.39 is 49.7 Å². The van der Waals surface area contributed by atoms with Gasteiger partial charge in [-0.2, -0.15) is 4.58 Å². The van der Waals surface area contributed by atoms with E-state index in [2.05, 4.69) is 97.6 Å². The van der Waals surface area contributed by atoms with Crippen molar-refractivity contribution in [3.05, 3.63) is 107 Å². The Morgan fingerprint density at radius 2 is 1.58 bits per heavy atom. The molecule has 16 heteroatoms. The van der Waals surface area contributed by atoms with Crippen molar-refractivity contribution in [2.75, 3.05) is 37.3 Å². The van der Waals surface area contributed by atoms with E-state index in [1.807, 2.05) is 43.5 Å². The molecule has 3 aliphatic rings. The molecular weight excluding hydrogens is 797 g/mol. The maximum absolute atomic E-state index is 12.2. The topological polar surface area (TPSA) is 182 Å². The lowest BCUT2D eigenvalue weighted by atomic mass is 9.81. The minimum Gasteiger partial charge on any atom is -0.748 e. The monoisotopic (exact) mass is 850 g/mol. The van der Waals surface area contributed by atoms with Gasteiger partial charge in [0.25, 0.3) is 11.8 Å². The molecule has 0 N–H and O–H groups in total. The Morgan fingerprint density at radius 3 is 2.24 bits per heavy atom. The number of carbonyl (C=O) groups is 3. The highest BCUT2D eigenvalue weighted by Gasteiger charge is 2.44. The molecule has 2 amide bonds. The fourth-order valence-corrected chi connectivity index (χ4v) is 8.22. The average Bonchev–Trinajstić information content (AvgIpc) is 3.66. The van der Waals surface area contributed by atoms with Gasteiger partial charge in [-0.15, -0.1) is 17.7 Å². The Morgan fingerprint density at radius 1 is 0.932 bits per heavy atom. The lowest BCUT2D eigenvalue weighted by Gasteiger charge is -2.27. The summed E-state index contributed by atoms with van der Waals surface area (Å²) < 4.78 is 62.2. The van der Waals surface area contributed by atoms with Crippen LogP contribution in [0, 0.1) is 0 Å². The predicted octanol–water partition coefficient (Wildman–Crippen LogP) is 5.57. The van der Waals surface area contributed by atoms with Crippen LogP contribution in [0.3, 0.4) is 0 Å². The summed E-state index contributed by atoms with van der Waals surface area (Å²) in [6.45, 7) is 13.6. The fourth-order valence-electron chi connectivity index (χ4n) is 7.74. The van der Waals surface area contributed by atoms with Crippen LogP contribution in [-0.4, -0.2) is 96.1 Å². The number of fused-ring (bicyclic) bond motifs is 2. The Bertz CT molecular complexity index is 2270. The first-order chi connectivity index (χ1) is 27.8. The van der Waals surface area contributed by atoms with Gasteiger partial charge in [-0.3, -0.25) is 9.59 Å². The molecule has 318 valence electrons. The molecule has 0 radical (unpaired) electrons. The number of amides is 2. The third-order valence-corrected chi connectivity index (χ3v) is 11.3. The van der Waals surface area contributed by atoms with Crippen molar-refractivity contribution >= 4 is 55.6 Å². The van der Waals surface area contributed by atoms with Crippen molar-refractivity contribution in [2.24, 2.45) is 0 Å². The molecule has 0 aliphatic carbocycles. The van der Waals surface area contributed by atoms with Gasteiger partial charge in [0.05, 0.1) is 15.5 Å². The van der Waals surface area contributed by atoms with E-state index in [-0.39, 0.29) is 31.1 Å².